The van der Waals surface area contributed by atoms with E-state index in [0.29, 0.717) is 5.41 Å². The van der Waals surface area contributed by atoms with Gasteiger partial charge in [-0.15, -0.1) is 0 Å². The monoisotopic (exact) mass is 234 g/mol. The predicted molar refractivity (Wildman–Crippen MR) is 79.7 cm³/mol. The fourth-order valence-electron chi connectivity index (χ4n) is 2.00. The maximum atomic E-state index is 2.27. The average molecular weight is 234 g/mol. The summed E-state index contributed by atoms with van der Waals surface area (Å²) in [4.78, 5) is 0. The molecule has 0 bridgehead atoms. The highest BCUT2D eigenvalue weighted by Crippen LogP contribution is 2.28. The fraction of sp³-hybridized carbons (Fsp3) is 0.647. The van der Waals surface area contributed by atoms with Crippen LogP contribution in [0.1, 0.15) is 65.2 Å². The van der Waals surface area contributed by atoms with Gasteiger partial charge in [-0.25, -0.2) is 0 Å². The van der Waals surface area contributed by atoms with Crippen LogP contribution in [0.25, 0.3) is 0 Å². The minimum Gasteiger partial charge on any atom is -0.0617 e. The Balaban J connectivity index is 0.000000437. The molecule has 0 unspecified atom stereocenters. The van der Waals surface area contributed by atoms with Crippen molar-refractivity contribution in [1.82, 2.24) is 0 Å². The standard InChI is InChI=1S/C12H18.C5H12/c1-9-7-6-8-10(2)11(9)12(3,4)5;1-5(2,3)4/h6-8H,1-5H3;1-4H3. The largest absolute Gasteiger partial charge is 0.0617 e. The normalized spacial score (nSPS) is 11.8. The average Bonchev–Trinajstić information content (AvgIpc) is 1.96. The number of rotatable bonds is 0. The van der Waals surface area contributed by atoms with Gasteiger partial charge in [0.1, 0.15) is 0 Å². The Morgan fingerprint density at radius 3 is 1.18 bits per heavy atom. The summed E-state index contributed by atoms with van der Waals surface area (Å²) in [6.45, 7) is 19.9. The van der Waals surface area contributed by atoms with Crippen LogP contribution in [0.2, 0.25) is 0 Å². The summed E-state index contributed by atoms with van der Waals surface area (Å²) in [5.41, 5.74) is 5.07. The van der Waals surface area contributed by atoms with Gasteiger partial charge >= 0.3 is 0 Å². The summed E-state index contributed by atoms with van der Waals surface area (Å²) in [6.07, 6.45) is 0. The van der Waals surface area contributed by atoms with Crippen LogP contribution < -0.4 is 0 Å². The number of hydrogen-bond acceptors (Lipinski definition) is 0. The molecular formula is C17H30. The molecule has 17 heavy (non-hydrogen) atoms. The first-order chi connectivity index (χ1) is 7.43. The van der Waals surface area contributed by atoms with Crippen molar-refractivity contribution in [3.05, 3.63) is 34.9 Å². The summed E-state index contributed by atoms with van der Waals surface area (Å²) >= 11 is 0. The second-order valence-corrected chi connectivity index (χ2v) is 7.52. The van der Waals surface area contributed by atoms with Crippen LogP contribution in [0.5, 0.6) is 0 Å². The molecule has 0 heterocycles. The summed E-state index contributed by atoms with van der Waals surface area (Å²) in [7, 11) is 0. The molecule has 0 aromatic heterocycles. The summed E-state index contributed by atoms with van der Waals surface area (Å²) < 4.78 is 0. The van der Waals surface area contributed by atoms with E-state index in [0.717, 1.165) is 0 Å². The maximum absolute atomic E-state index is 2.27. The Kier molecular flexibility index (Phi) is 5.45. The molecule has 98 valence electrons. The smallest absolute Gasteiger partial charge is 0.0127 e. The molecule has 0 saturated carbocycles. The molecule has 0 heteroatoms. The molecule has 0 radical (unpaired) electrons. The third-order valence-corrected chi connectivity index (χ3v) is 2.23. The van der Waals surface area contributed by atoms with Crippen LogP contribution in [0, 0.1) is 19.3 Å². The summed E-state index contributed by atoms with van der Waals surface area (Å²) in [6, 6.07) is 6.50. The Morgan fingerprint density at radius 1 is 0.706 bits per heavy atom. The van der Waals surface area contributed by atoms with Gasteiger partial charge in [-0.3, -0.25) is 0 Å². The van der Waals surface area contributed by atoms with E-state index in [1.54, 1.807) is 0 Å². The number of aryl methyl sites for hydroxylation is 2. The minimum absolute atomic E-state index is 0.273. The third-order valence-electron chi connectivity index (χ3n) is 2.23. The SMILES string of the molecule is CC(C)(C)C.Cc1cccc(C)c1C(C)(C)C. The Hall–Kier alpha value is -0.780. The van der Waals surface area contributed by atoms with E-state index in [1.807, 2.05) is 0 Å². The van der Waals surface area contributed by atoms with Crippen LogP contribution in [-0.4, -0.2) is 0 Å². The van der Waals surface area contributed by atoms with Crippen molar-refractivity contribution in [3.8, 4) is 0 Å². The molecule has 0 N–H and O–H groups in total. The number of hydrogen-bond donors (Lipinski definition) is 0. The summed E-state index contributed by atoms with van der Waals surface area (Å²) in [5, 5.41) is 0. The van der Waals surface area contributed by atoms with Gasteiger partial charge in [-0.2, -0.15) is 0 Å². The van der Waals surface area contributed by atoms with Crippen molar-refractivity contribution in [1.29, 1.82) is 0 Å². The first-order valence-corrected chi connectivity index (χ1v) is 6.49. The highest BCUT2D eigenvalue weighted by molar-refractivity contribution is 5.38. The van der Waals surface area contributed by atoms with Crippen molar-refractivity contribution in [2.45, 2.75) is 67.7 Å². The van der Waals surface area contributed by atoms with Gasteiger partial charge in [0.25, 0.3) is 0 Å². The molecular weight excluding hydrogens is 204 g/mol. The Labute approximate surface area is 108 Å². The number of benzene rings is 1. The van der Waals surface area contributed by atoms with Crippen molar-refractivity contribution >= 4 is 0 Å². The molecule has 0 fully saturated rings. The van der Waals surface area contributed by atoms with Crippen LogP contribution >= 0.6 is 0 Å². The lowest BCUT2D eigenvalue weighted by Gasteiger charge is -2.23. The van der Waals surface area contributed by atoms with E-state index in [2.05, 4.69) is 80.5 Å². The van der Waals surface area contributed by atoms with Gasteiger partial charge < -0.3 is 0 Å². The van der Waals surface area contributed by atoms with E-state index >= 15 is 0 Å². The van der Waals surface area contributed by atoms with Gasteiger partial charge in [-0.1, -0.05) is 66.7 Å². The lowest BCUT2D eigenvalue weighted by molar-refractivity contribution is 0.469. The van der Waals surface area contributed by atoms with Crippen molar-refractivity contribution < 1.29 is 0 Å². The zero-order valence-corrected chi connectivity index (χ0v) is 13.2. The van der Waals surface area contributed by atoms with E-state index in [-0.39, 0.29) is 5.41 Å². The third kappa shape index (κ3) is 7.20. The molecule has 0 aliphatic heterocycles. The van der Waals surface area contributed by atoms with E-state index in [1.165, 1.54) is 16.7 Å². The van der Waals surface area contributed by atoms with Gasteiger partial charge in [0, 0.05) is 0 Å². The molecule has 1 rings (SSSR count). The quantitative estimate of drug-likeness (QED) is 0.544. The lowest BCUT2D eigenvalue weighted by Crippen LogP contribution is -2.14. The predicted octanol–water partition coefficient (Wildman–Crippen LogP) is 5.65. The molecule has 1 aromatic rings. The molecule has 0 saturated heterocycles. The van der Waals surface area contributed by atoms with Gasteiger partial charge in [0.2, 0.25) is 0 Å². The molecule has 0 aliphatic rings. The van der Waals surface area contributed by atoms with Crippen molar-refractivity contribution in [2.75, 3.05) is 0 Å². The zero-order valence-electron chi connectivity index (χ0n) is 13.2. The first kappa shape index (κ1) is 16.2. The molecule has 1 aromatic carbocycles. The fourth-order valence-corrected chi connectivity index (χ4v) is 2.00. The minimum atomic E-state index is 0.273. The zero-order chi connectivity index (χ0) is 13.9. The topological polar surface area (TPSA) is 0 Å². The second-order valence-electron chi connectivity index (χ2n) is 7.52. The maximum Gasteiger partial charge on any atom is -0.0127 e. The highest BCUT2D eigenvalue weighted by Gasteiger charge is 2.17. The van der Waals surface area contributed by atoms with Crippen LogP contribution in [0.4, 0.5) is 0 Å². The van der Waals surface area contributed by atoms with E-state index in [4.69, 9.17) is 0 Å². The van der Waals surface area contributed by atoms with Crippen LogP contribution in [0.15, 0.2) is 18.2 Å². The summed E-state index contributed by atoms with van der Waals surface area (Å²) in [5.74, 6) is 0. The molecule has 0 spiro atoms. The molecule has 0 nitrogen and oxygen atoms in total. The Bertz CT molecular complexity index is 319. The van der Waals surface area contributed by atoms with Gasteiger partial charge in [0.15, 0.2) is 0 Å². The van der Waals surface area contributed by atoms with E-state index < -0.39 is 0 Å². The van der Waals surface area contributed by atoms with Crippen molar-refractivity contribution in [3.63, 3.8) is 0 Å². The molecule has 0 amide bonds. The second kappa shape index (κ2) is 5.71. The lowest BCUT2D eigenvalue weighted by atomic mass is 9.81. The van der Waals surface area contributed by atoms with Gasteiger partial charge in [0.05, 0.1) is 0 Å². The first-order valence-electron chi connectivity index (χ1n) is 6.49. The van der Waals surface area contributed by atoms with Crippen molar-refractivity contribution in [2.24, 2.45) is 5.41 Å². The van der Waals surface area contributed by atoms with Crippen LogP contribution in [-0.2, 0) is 5.41 Å². The highest BCUT2D eigenvalue weighted by atomic mass is 14.2. The van der Waals surface area contributed by atoms with E-state index in [9.17, 15) is 0 Å². The Morgan fingerprint density at radius 2 is 1.00 bits per heavy atom. The van der Waals surface area contributed by atoms with Crippen LogP contribution in [0.3, 0.4) is 0 Å². The molecule has 0 aliphatic carbocycles. The van der Waals surface area contributed by atoms with Gasteiger partial charge in [-0.05, 0) is 41.4 Å². The molecule has 0 atom stereocenters.